The molecule has 8 heterocycles. The Morgan fingerprint density at radius 2 is 0.475 bits per heavy atom. The molecule has 0 radical (unpaired) electrons. The molecule has 4 unspecified atom stereocenters. The van der Waals surface area contributed by atoms with Gasteiger partial charge in [0.25, 0.3) is 0 Å². The number of fused-ring (bicyclic) bond motifs is 4. The minimum Gasteiger partial charge on any atom is -0.318 e. The highest BCUT2D eigenvalue weighted by molar-refractivity contribution is 5.94. The highest BCUT2D eigenvalue weighted by atomic mass is 15.5. The van der Waals surface area contributed by atoms with Gasteiger partial charge in [0.1, 0.15) is 24.7 Å². The van der Waals surface area contributed by atoms with E-state index in [0.29, 0.717) is 5.92 Å². The van der Waals surface area contributed by atoms with Crippen LogP contribution in [0.25, 0.3) is 61.2 Å². The summed E-state index contributed by atoms with van der Waals surface area (Å²) in [6, 6.07) is 132. The number of imidazole rings is 4. The third-order valence-corrected chi connectivity index (χ3v) is 27.0. The molecule has 4 aliphatic rings. The number of hydrogen-bond acceptors (Lipinski definition) is 12. The summed E-state index contributed by atoms with van der Waals surface area (Å²) in [6.07, 6.45) is -0.106. The monoisotopic (exact) mass is 1840 g/mol. The Hall–Kier alpha value is -15.7. The quantitative estimate of drug-likeness (QED) is 0.0978. The summed E-state index contributed by atoms with van der Waals surface area (Å²) < 4.78 is 8.86. The third-order valence-electron chi connectivity index (χ3n) is 27.0. The van der Waals surface area contributed by atoms with Gasteiger partial charge in [-0.15, -0.1) is 0 Å². The predicted octanol–water partition coefficient (Wildman–Crippen LogP) is 30.9. The summed E-state index contributed by atoms with van der Waals surface area (Å²) in [5, 5.41) is 0. The molecule has 4 aliphatic heterocycles. The van der Waals surface area contributed by atoms with Crippen molar-refractivity contribution in [1.82, 2.24) is 38.2 Å². The second-order valence-corrected chi connectivity index (χ2v) is 37.0. The van der Waals surface area contributed by atoms with Crippen molar-refractivity contribution in [3.8, 4) is 0 Å². The Bertz CT molecular complexity index is 7410. The molecule has 0 bridgehead atoms. The van der Waals surface area contributed by atoms with Crippen molar-refractivity contribution in [3.05, 3.63) is 460 Å². The van der Waals surface area contributed by atoms with Gasteiger partial charge in [0.05, 0.1) is 61.2 Å². The summed E-state index contributed by atoms with van der Waals surface area (Å²) in [5.41, 5.74) is 35.5. The van der Waals surface area contributed by atoms with Gasteiger partial charge in [-0.05, 0) is 203 Å². The van der Waals surface area contributed by atoms with Gasteiger partial charge in [-0.25, -0.2) is 19.9 Å². The van der Waals surface area contributed by atoms with Crippen molar-refractivity contribution >= 4 is 108 Å². The molecule has 0 aliphatic carbocycles. The van der Waals surface area contributed by atoms with E-state index in [-0.39, 0.29) is 59.8 Å². The van der Waals surface area contributed by atoms with Crippen molar-refractivity contribution in [2.45, 2.75) is 144 Å². The molecule has 4 aromatic heterocycles. The van der Waals surface area contributed by atoms with Crippen LogP contribution in [0.4, 0.5) is 46.5 Å². The number of allylic oxidation sites excluding steroid dienone is 5. The average Bonchev–Trinajstić information content (AvgIpc) is 1.58. The molecule has 0 spiro atoms. The highest BCUT2D eigenvalue weighted by Gasteiger charge is 2.49. The molecule has 0 fully saturated rings. The Labute approximate surface area is 824 Å². The lowest BCUT2D eigenvalue weighted by Gasteiger charge is -2.42. The first-order valence-corrected chi connectivity index (χ1v) is 46.9. The van der Waals surface area contributed by atoms with Gasteiger partial charge in [-0.1, -0.05) is 343 Å². The number of aryl methyl sites for hydroxylation is 8. The van der Waals surface area contributed by atoms with Crippen molar-refractivity contribution in [2.75, 3.05) is 39.2 Å². The molecule has 0 saturated carbocycles. The maximum Gasteiger partial charge on any atom is 0.212 e. The SMILES string of the molecule is C.C.C.C.CC1=C(C(C)C)N(c2ccccc2)C(c2c(C)cccc2C)N1c1nc2ccccc2n1C.CC1=C(c2ccccc2)N(c2ccccc2)C(C(C)(C)C)N1c1nc2ccccc2n1C.CC1=C(c2ccccc2)N(c2ccccc2)C(c2c(C)cccc2C)N1c1nc2ccccc2n1C.CC1=C(c2ccccc2)N(c2ccccc2)C(c2ccccc2)N1c1nc2ccccc2n1C. The van der Waals surface area contributed by atoms with E-state index >= 15 is 0 Å². The molecule has 706 valence electrons. The van der Waals surface area contributed by atoms with Gasteiger partial charge in [0.15, 0.2) is 0 Å². The molecular formula is C123H134N16. The Morgan fingerprint density at radius 3 is 0.784 bits per heavy atom. The van der Waals surface area contributed by atoms with Gasteiger partial charge in [-0.2, -0.15) is 0 Å². The number of benzene rings is 14. The van der Waals surface area contributed by atoms with Gasteiger partial charge < -0.3 is 37.9 Å². The lowest BCUT2D eigenvalue weighted by atomic mass is 9.90. The second kappa shape index (κ2) is 41.1. The topological polar surface area (TPSA) is 97.2 Å². The molecule has 0 saturated heterocycles. The van der Waals surface area contributed by atoms with Crippen LogP contribution in [0.2, 0.25) is 0 Å². The summed E-state index contributed by atoms with van der Waals surface area (Å²) in [7, 11) is 8.46. The molecule has 22 rings (SSSR count). The molecule has 18 aromatic rings. The van der Waals surface area contributed by atoms with Crippen LogP contribution in [-0.4, -0.2) is 44.4 Å². The zero-order valence-corrected chi connectivity index (χ0v) is 80.3. The zero-order valence-electron chi connectivity index (χ0n) is 80.3. The standard InChI is InChI=1S/C32H30N4.C30H26N4.C29H32N4.C28H30N4.4CH4/c1-22-14-13-15-23(2)29(22)31-35(32-33-27-20-11-12-21-28(27)34(32)4)24(3)30(25-16-7-5-8-17-25)36(31)26-18-9-6-10-19-26;1-22-28(23-14-6-3-7-15-23)34(25-18-10-5-11-19-25)29(24-16-8-4-9-17-24)33(22)30-31-26-20-12-13-21-27(26)32(30)2;1-19(2)27-22(5)32(29-30-24-17-10-11-18-25(24)31(29)6)28(26-20(3)13-12-14-21(26)4)33(27)23-15-8-7-9-16-23;1-20-25(21-14-8-6-9-15-21)32(22-16-10-7-11-17-22)26(28(2,3)4)31(20)27-29-23-18-12-13-19-24(23)30(27)5;;;;/h5-21,31H,1-4H3;3-21,29H,1-2H3;7-19,28H,1-6H3;6-19,26H,1-5H3;4*1H4. The normalized spacial score (nSPS) is 15.8. The first kappa shape index (κ1) is 97.9. The van der Waals surface area contributed by atoms with Crippen LogP contribution in [0, 0.1) is 39.0 Å². The van der Waals surface area contributed by atoms with E-state index in [1.54, 1.807) is 0 Å². The zero-order chi connectivity index (χ0) is 93.6. The average molecular weight is 1840 g/mol. The Balaban J connectivity index is 0.000000139. The Kier molecular flexibility index (Phi) is 28.9. The molecule has 4 atom stereocenters. The minimum atomic E-state index is -0.0840. The van der Waals surface area contributed by atoms with Crippen LogP contribution in [-0.2, 0) is 28.2 Å². The van der Waals surface area contributed by atoms with Gasteiger partial charge in [0, 0.05) is 96.0 Å². The fourth-order valence-electron chi connectivity index (χ4n) is 20.9. The number of nitrogens with zero attached hydrogens (tertiary/aromatic N) is 16. The Morgan fingerprint density at radius 1 is 0.237 bits per heavy atom. The van der Waals surface area contributed by atoms with Crippen LogP contribution in [0.3, 0.4) is 0 Å². The number of rotatable bonds is 15. The molecule has 16 nitrogen and oxygen atoms in total. The molecule has 14 aromatic carbocycles. The maximum absolute atomic E-state index is 5.16. The first-order chi connectivity index (χ1) is 65.6. The van der Waals surface area contributed by atoms with E-state index in [9.17, 15) is 0 Å². The van der Waals surface area contributed by atoms with Crippen LogP contribution in [0.5, 0.6) is 0 Å². The van der Waals surface area contributed by atoms with Crippen LogP contribution in [0.15, 0.2) is 405 Å². The largest absolute Gasteiger partial charge is 0.318 e. The van der Waals surface area contributed by atoms with E-state index in [0.717, 1.165) is 79.3 Å². The van der Waals surface area contributed by atoms with Gasteiger partial charge in [0.2, 0.25) is 23.8 Å². The van der Waals surface area contributed by atoms with E-state index in [1.807, 2.05) is 6.07 Å². The van der Waals surface area contributed by atoms with E-state index in [4.69, 9.17) is 19.9 Å². The first-order valence-electron chi connectivity index (χ1n) is 46.9. The smallest absolute Gasteiger partial charge is 0.212 e. The fourth-order valence-corrected chi connectivity index (χ4v) is 20.9. The van der Waals surface area contributed by atoms with Crippen molar-refractivity contribution < 1.29 is 0 Å². The van der Waals surface area contributed by atoms with Crippen LogP contribution < -0.4 is 39.2 Å². The van der Waals surface area contributed by atoms with E-state index in [2.05, 4.69) is 546 Å². The predicted molar refractivity (Wildman–Crippen MR) is 590 cm³/mol. The van der Waals surface area contributed by atoms with Crippen LogP contribution in [0.1, 0.15) is 166 Å². The summed E-state index contributed by atoms with van der Waals surface area (Å²) in [4.78, 5) is 40.1. The summed E-state index contributed by atoms with van der Waals surface area (Å²) in [6.45, 7) is 29.3. The van der Waals surface area contributed by atoms with E-state index in [1.165, 1.54) is 113 Å². The van der Waals surface area contributed by atoms with Crippen molar-refractivity contribution in [3.63, 3.8) is 0 Å². The van der Waals surface area contributed by atoms with Gasteiger partial charge in [-0.3, -0.25) is 19.6 Å². The molecule has 139 heavy (non-hydrogen) atoms. The van der Waals surface area contributed by atoms with Crippen molar-refractivity contribution in [2.24, 2.45) is 39.5 Å². The molecule has 0 N–H and O–H groups in total. The number of hydrogen-bond donors (Lipinski definition) is 0. The van der Waals surface area contributed by atoms with Gasteiger partial charge >= 0.3 is 0 Å². The minimum absolute atomic E-state index is 0. The molecule has 16 heteroatoms. The third kappa shape index (κ3) is 17.9. The molecular weight excluding hydrogens is 1700 g/mol. The van der Waals surface area contributed by atoms with Crippen molar-refractivity contribution in [1.29, 1.82) is 0 Å². The number of aromatic nitrogens is 8. The lowest BCUT2D eigenvalue weighted by molar-refractivity contribution is 0.323. The molecule has 0 amide bonds. The highest BCUT2D eigenvalue weighted by Crippen LogP contribution is 2.55. The number of anilines is 8. The summed E-state index contributed by atoms with van der Waals surface area (Å²) in [5.74, 6) is 4.16. The second-order valence-electron chi connectivity index (χ2n) is 37.0. The summed E-state index contributed by atoms with van der Waals surface area (Å²) >= 11 is 0. The van der Waals surface area contributed by atoms with E-state index < -0.39 is 0 Å². The number of para-hydroxylation sites is 12. The fraction of sp³-hybridized carbons (Fsp3) is 0.220. The maximum atomic E-state index is 5.16. The van der Waals surface area contributed by atoms with Crippen LogP contribution >= 0.6 is 0 Å². The lowest BCUT2D eigenvalue weighted by Crippen LogP contribution is -2.50.